The number of piperidine rings is 1. The number of aromatic amines is 1. The lowest BCUT2D eigenvalue weighted by atomic mass is 9.65. The third kappa shape index (κ3) is 4.83. The van der Waals surface area contributed by atoms with Gasteiger partial charge in [-0.15, -0.1) is 13.2 Å². The molecule has 1 saturated carbocycles. The van der Waals surface area contributed by atoms with Gasteiger partial charge in [0.15, 0.2) is 11.6 Å². The number of halogens is 4. The summed E-state index contributed by atoms with van der Waals surface area (Å²) in [5, 5.41) is 9.58. The number of alkyl halides is 3. The summed E-state index contributed by atoms with van der Waals surface area (Å²) in [7, 11) is 0. The number of ether oxygens (including phenoxy) is 1. The van der Waals surface area contributed by atoms with Crippen molar-refractivity contribution in [1.29, 1.82) is 0 Å². The number of likely N-dealkylation sites (tertiary alicyclic amines) is 1. The number of aliphatic hydroxyl groups is 1. The zero-order valence-electron chi connectivity index (χ0n) is 18.8. The number of aromatic nitrogens is 1. The quantitative estimate of drug-likeness (QED) is 0.538. The lowest BCUT2D eigenvalue weighted by molar-refractivity contribution is -0.275. The van der Waals surface area contributed by atoms with Crippen LogP contribution in [0.25, 0.3) is 10.9 Å². The molecule has 2 fully saturated rings. The fourth-order valence-corrected chi connectivity index (χ4v) is 6.00. The summed E-state index contributed by atoms with van der Waals surface area (Å²) >= 11 is 0. The predicted octanol–water partition coefficient (Wildman–Crippen LogP) is 5.63. The highest BCUT2D eigenvalue weighted by Gasteiger charge is 2.46. The lowest BCUT2D eigenvalue weighted by Gasteiger charge is -2.53. The molecule has 2 aromatic rings. The third-order valence-electron chi connectivity index (χ3n) is 7.32. The Kier molecular flexibility index (Phi) is 6.37. The Labute approximate surface area is 190 Å². The molecule has 4 rings (SSSR count). The molecule has 1 aliphatic carbocycles. The summed E-state index contributed by atoms with van der Waals surface area (Å²) < 4.78 is 57.1. The monoisotopic (exact) mass is 470 g/mol. The number of rotatable bonds is 6. The smallest absolute Gasteiger partial charge is 0.402 e. The van der Waals surface area contributed by atoms with Gasteiger partial charge in [0.05, 0.1) is 0 Å². The highest BCUT2D eigenvalue weighted by atomic mass is 19.4. The summed E-state index contributed by atoms with van der Waals surface area (Å²) in [6.45, 7) is 3.99. The van der Waals surface area contributed by atoms with Crippen LogP contribution >= 0.6 is 0 Å². The average Bonchev–Trinajstić information content (AvgIpc) is 3.13. The molecule has 1 aromatic carbocycles. The second kappa shape index (κ2) is 8.81. The summed E-state index contributed by atoms with van der Waals surface area (Å²) in [5.41, 5.74) is 0.883. The Bertz CT molecular complexity index is 1020. The van der Waals surface area contributed by atoms with Gasteiger partial charge in [-0.25, -0.2) is 4.39 Å². The molecule has 1 aliphatic heterocycles. The minimum absolute atomic E-state index is 0.00317. The number of H-pyrrole nitrogens is 1. The molecule has 4 unspecified atom stereocenters. The van der Waals surface area contributed by atoms with Gasteiger partial charge in [0, 0.05) is 42.2 Å². The van der Waals surface area contributed by atoms with E-state index in [9.17, 15) is 27.5 Å². The number of amides is 1. The Morgan fingerprint density at radius 2 is 2.12 bits per heavy atom. The van der Waals surface area contributed by atoms with Crippen molar-refractivity contribution in [2.45, 2.75) is 83.2 Å². The Morgan fingerprint density at radius 3 is 2.82 bits per heavy atom. The van der Waals surface area contributed by atoms with Crippen LogP contribution in [0.1, 0.15) is 70.3 Å². The molecule has 1 amide bonds. The number of hydrogen-bond acceptors (Lipinski definition) is 3. The molecule has 182 valence electrons. The first-order valence-electron chi connectivity index (χ1n) is 11.5. The molecular formula is C24H30F4N2O3. The molecule has 1 saturated heterocycles. The maximum Gasteiger partial charge on any atom is 0.573 e. The van der Waals surface area contributed by atoms with Gasteiger partial charge in [0.2, 0.25) is 5.91 Å². The standard InChI is InChI=1S/C24H30F4N2O3/c1-14(17-13-29-19-6-5-18(25)22(21(17)19)33-24(26,27)28)10-20(32)30-15-4-3-8-23(2,11-15)12-16(30)7-9-31/h5-6,13-16,29,31H,3-4,7-12H2,1-2H3. The minimum atomic E-state index is -5.04. The van der Waals surface area contributed by atoms with Crippen molar-refractivity contribution < 1.29 is 32.2 Å². The van der Waals surface area contributed by atoms with E-state index < -0.39 is 23.8 Å². The number of carbonyl (C=O) groups excluding carboxylic acids is 1. The number of fused-ring (bicyclic) bond motifs is 3. The van der Waals surface area contributed by atoms with E-state index in [1.54, 1.807) is 6.92 Å². The lowest BCUT2D eigenvalue weighted by Crippen LogP contribution is -2.56. The van der Waals surface area contributed by atoms with Gasteiger partial charge in [-0.05, 0) is 61.1 Å². The van der Waals surface area contributed by atoms with Crippen LogP contribution in [-0.4, -0.2) is 46.0 Å². The minimum Gasteiger partial charge on any atom is -0.402 e. The maximum atomic E-state index is 14.3. The Hall–Kier alpha value is -2.29. The predicted molar refractivity (Wildman–Crippen MR) is 115 cm³/mol. The zero-order chi connectivity index (χ0) is 24.0. The van der Waals surface area contributed by atoms with Crippen molar-refractivity contribution in [1.82, 2.24) is 9.88 Å². The second-order valence-electron chi connectivity index (χ2n) is 9.93. The maximum absolute atomic E-state index is 14.3. The number of aliphatic hydroxyl groups excluding tert-OH is 1. The molecule has 2 heterocycles. The normalized spacial score (nSPS) is 26.5. The van der Waals surface area contributed by atoms with Crippen molar-refractivity contribution in [3.63, 3.8) is 0 Å². The summed E-state index contributed by atoms with van der Waals surface area (Å²) in [6, 6.07) is 2.34. The van der Waals surface area contributed by atoms with Gasteiger partial charge in [-0.2, -0.15) is 0 Å². The second-order valence-corrected chi connectivity index (χ2v) is 9.93. The average molecular weight is 471 g/mol. The first-order valence-corrected chi connectivity index (χ1v) is 11.5. The summed E-state index contributed by atoms with van der Waals surface area (Å²) in [4.78, 5) is 18.2. The third-order valence-corrected chi connectivity index (χ3v) is 7.32. The Balaban J connectivity index is 1.61. The van der Waals surface area contributed by atoms with Crippen LogP contribution in [0.15, 0.2) is 18.3 Å². The van der Waals surface area contributed by atoms with Crippen molar-refractivity contribution in [3.8, 4) is 5.75 Å². The number of carbonyl (C=O) groups is 1. The van der Waals surface area contributed by atoms with Crippen molar-refractivity contribution in [2.75, 3.05) is 6.61 Å². The number of benzene rings is 1. The molecule has 0 spiro atoms. The molecular weight excluding hydrogens is 440 g/mol. The van der Waals surface area contributed by atoms with E-state index in [1.807, 2.05) is 4.90 Å². The number of nitrogens with one attached hydrogen (secondary N) is 1. The van der Waals surface area contributed by atoms with Gasteiger partial charge in [0.25, 0.3) is 0 Å². The van der Waals surface area contributed by atoms with Crippen LogP contribution in [0.2, 0.25) is 0 Å². The van der Waals surface area contributed by atoms with Crippen LogP contribution in [0, 0.1) is 11.2 Å². The van der Waals surface area contributed by atoms with Gasteiger partial charge >= 0.3 is 6.36 Å². The molecule has 4 atom stereocenters. The van der Waals surface area contributed by atoms with Crippen LogP contribution in [-0.2, 0) is 4.79 Å². The first-order chi connectivity index (χ1) is 15.5. The van der Waals surface area contributed by atoms with E-state index in [4.69, 9.17) is 0 Å². The topological polar surface area (TPSA) is 65.6 Å². The largest absolute Gasteiger partial charge is 0.573 e. The molecule has 5 nitrogen and oxygen atoms in total. The number of hydrogen-bond donors (Lipinski definition) is 2. The van der Waals surface area contributed by atoms with Crippen LogP contribution in [0.4, 0.5) is 17.6 Å². The van der Waals surface area contributed by atoms with E-state index in [-0.39, 0.29) is 41.8 Å². The SMILES string of the molecule is CC(CC(=O)N1C(CCO)CC2(C)CCCC1C2)c1c[nH]c2ccc(F)c(OC(F)(F)F)c12. The number of nitrogens with zero attached hydrogens (tertiary/aromatic N) is 1. The zero-order valence-corrected chi connectivity index (χ0v) is 18.8. The summed E-state index contributed by atoms with van der Waals surface area (Å²) in [6.07, 6.45) is 1.91. The fraction of sp³-hybridized carbons (Fsp3) is 0.625. The molecule has 33 heavy (non-hydrogen) atoms. The van der Waals surface area contributed by atoms with Gasteiger partial charge in [-0.1, -0.05) is 20.3 Å². The fourth-order valence-electron chi connectivity index (χ4n) is 6.00. The molecule has 2 N–H and O–H groups in total. The summed E-state index contributed by atoms with van der Waals surface area (Å²) in [5.74, 6) is -2.54. The van der Waals surface area contributed by atoms with E-state index >= 15 is 0 Å². The van der Waals surface area contributed by atoms with Gasteiger partial charge in [0.1, 0.15) is 0 Å². The first kappa shape index (κ1) is 23.9. The molecule has 0 radical (unpaired) electrons. The van der Waals surface area contributed by atoms with Crippen LogP contribution in [0.5, 0.6) is 5.75 Å². The van der Waals surface area contributed by atoms with E-state index in [2.05, 4.69) is 16.6 Å². The highest BCUT2D eigenvalue weighted by Crippen LogP contribution is 2.48. The van der Waals surface area contributed by atoms with E-state index in [1.165, 1.54) is 12.3 Å². The van der Waals surface area contributed by atoms with E-state index in [0.29, 0.717) is 17.5 Å². The van der Waals surface area contributed by atoms with Crippen LogP contribution in [0.3, 0.4) is 0 Å². The molecule has 1 aromatic heterocycles. The van der Waals surface area contributed by atoms with E-state index in [0.717, 1.165) is 38.2 Å². The molecule has 2 bridgehead atoms. The van der Waals surface area contributed by atoms with Gasteiger partial charge < -0.3 is 19.7 Å². The molecule has 2 aliphatic rings. The van der Waals surface area contributed by atoms with Crippen molar-refractivity contribution in [3.05, 3.63) is 29.7 Å². The van der Waals surface area contributed by atoms with Crippen LogP contribution < -0.4 is 4.74 Å². The van der Waals surface area contributed by atoms with Crippen molar-refractivity contribution >= 4 is 16.8 Å². The van der Waals surface area contributed by atoms with Gasteiger partial charge in [-0.3, -0.25) is 4.79 Å². The molecule has 9 heteroatoms. The Morgan fingerprint density at radius 1 is 1.36 bits per heavy atom. The van der Waals surface area contributed by atoms with Crippen molar-refractivity contribution in [2.24, 2.45) is 5.41 Å². The highest BCUT2D eigenvalue weighted by molar-refractivity contribution is 5.91.